The third kappa shape index (κ3) is 4.66. The van der Waals surface area contributed by atoms with Gasteiger partial charge in [-0.1, -0.05) is 6.92 Å². The zero-order valence-corrected chi connectivity index (χ0v) is 11.4. The van der Waals surface area contributed by atoms with E-state index >= 15 is 0 Å². The Balaban J connectivity index is 3.02. The molecule has 8 heteroatoms. The summed E-state index contributed by atoms with van der Waals surface area (Å²) in [5, 5.41) is 13.7. The van der Waals surface area contributed by atoms with Crippen molar-refractivity contribution in [2.75, 3.05) is 5.32 Å². The van der Waals surface area contributed by atoms with Crippen LogP contribution in [0.3, 0.4) is 0 Å². The lowest BCUT2D eigenvalue weighted by molar-refractivity contribution is -0.137. The fraction of sp³-hybridized carbons (Fsp3) is 0.385. The minimum Gasteiger partial charge on any atom is -0.478 e. The Bertz CT molecular complexity index is 544. The number of anilines is 1. The van der Waals surface area contributed by atoms with E-state index in [1.54, 1.807) is 6.92 Å². The van der Waals surface area contributed by atoms with Crippen molar-refractivity contribution >= 4 is 17.7 Å². The van der Waals surface area contributed by atoms with Gasteiger partial charge in [0.2, 0.25) is 0 Å². The molecule has 1 atom stereocenters. The van der Waals surface area contributed by atoms with Crippen LogP contribution in [-0.2, 0) is 6.18 Å². The average Bonchev–Trinajstić information content (AvgIpc) is 2.37. The maximum Gasteiger partial charge on any atom is 0.416 e. The van der Waals surface area contributed by atoms with Gasteiger partial charge >= 0.3 is 18.2 Å². The van der Waals surface area contributed by atoms with Crippen LogP contribution in [0.25, 0.3) is 0 Å². The summed E-state index contributed by atoms with van der Waals surface area (Å²) in [6.45, 7) is 3.58. The molecule has 5 nitrogen and oxygen atoms in total. The van der Waals surface area contributed by atoms with Gasteiger partial charge in [-0.3, -0.25) is 0 Å². The Hall–Kier alpha value is -2.25. The average molecular weight is 304 g/mol. The molecule has 0 spiro atoms. The predicted octanol–water partition coefficient (Wildman–Crippen LogP) is 3.32. The Morgan fingerprint density at radius 1 is 1.33 bits per heavy atom. The van der Waals surface area contributed by atoms with Crippen molar-refractivity contribution in [2.45, 2.75) is 32.5 Å². The molecule has 0 aliphatic heterocycles. The van der Waals surface area contributed by atoms with E-state index in [2.05, 4.69) is 10.6 Å². The predicted molar refractivity (Wildman–Crippen MR) is 70.3 cm³/mol. The number of nitrogens with one attached hydrogen (secondary N) is 2. The van der Waals surface area contributed by atoms with E-state index in [0.717, 1.165) is 6.07 Å². The number of alkyl halides is 3. The number of carboxylic acid groups (broad SMARTS) is 1. The topological polar surface area (TPSA) is 78.4 Å². The zero-order valence-electron chi connectivity index (χ0n) is 11.4. The number of hydrogen-bond acceptors (Lipinski definition) is 2. The molecule has 1 rings (SSSR count). The summed E-state index contributed by atoms with van der Waals surface area (Å²) in [5.41, 5.74) is -1.91. The fourth-order valence-electron chi connectivity index (χ4n) is 1.49. The van der Waals surface area contributed by atoms with Gasteiger partial charge in [0.05, 0.1) is 16.8 Å². The fourth-order valence-corrected chi connectivity index (χ4v) is 1.49. The van der Waals surface area contributed by atoms with Crippen LogP contribution in [0.2, 0.25) is 0 Å². The summed E-state index contributed by atoms with van der Waals surface area (Å²) in [7, 11) is 0. The lowest BCUT2D eigenvalue weighted by Gasteiger charge is -2.15. The molecule has 0 aliphatic carbocycles. The summed E-state index contributed by atoms with van der Waals surface area (Å²) in [6, 6.07) is 1.30. The number of amides is 2. The van der Waals surface area contributed by atoms with Crippen molar-refractivity contribution in [3.05, 3.63) is 29.3 Å². The highest BCUT2D eigenvalue weighted by Crippen LogP contribution is 2.31. The second-order valence-electron chi connectivity index (χ2n) is 4.47. The zero-order chi connectivity index (χ0) is 16.2. The maximum atomic E-state index is 12.6. The van der Waals surface area contributed by atoms with E-state index in [-0.39, 0.29) is 11.7 Å². The molecular weight excluding hydrogens is 289 g/mol. The SMILES string of the molecule is CCC(C)NC(=O)Nc1ccc(C(F)(F)F)cc1C(=O)O. The molecule has 0 heterocycles. The molecule has 21 heavy (non-hydrogen) atoms. The second kappa shape index (κ2) is 6.47. The van der Waals surface area contributed by atoms with Gasteiger partial charge in [-0.15, -0.1) is 0 Å². The molecule has 0 saturated carbocycles. The van der Waals surface area contributed by atoms with Crippen LogP contribution in [0.15, 0.2) is 18.2 Å². The maximum absolute atomic E-state index is 12.6. The van der Waals surface area contributed by atoms with Gasteiger partial charge < -0.3 is 15.7 Å². The number of carbonyl (C=O) groups is 2. The smallest absolute Gasteiger partial charge is 0.416 e. The van der Waals surface area contributed by atoms with Crippen molar-refractivity contribution in [1.29, 1.82) is 0 Å². The molecule has 0 aromatic heterocycles. The van der Waals surface area contributed by atoms with Crippen LogP contribution in [0.1, 0.15) is 36.2 Å². The highest BCUT2D eigenvalue weighted by atomic mass is 19.4. The summed E-state index contributed by atoms with van der Waals surface area (Å²) in [4.78, 5) is 22.6. The lowest BCUT2D eigenvalue weighted by atomic mass is 10.1. The highest BCUT2D eigenvalue weighted by molar-refractivity contribution is 6.00. The summed E-state index contributed by atoms with van der Waals surface area (Å²) >= 11 is 0. The van der Waals surface area contributed by atoms with Crippen LogP contribution in [-0.4, -0.2) is 23.1 Å². The normalized spacial score (nSPS) is 12.6. The number of urea groups is 1. The molecule has 0 radical (unpaired) electrons. The number of carbonyl (C=O) groups excluding carboxylic acids is 1. The molecule has 0 aliphatic rings. The van der Waals surface area contributed by atoms with E-state index in [4.69, 9.17) is 5.11 Å². The Morgan fingerprint density at radius 2 is 1.95 bits per heavy atom. The summed E-state index contributed by atoms with van der Waals surface area (Å²) in [6.07, 6.45) is -3.99. The van der Waals surface area contributed by atoms with Crippen molar-refractivity contribution in [2.24, 2.45) is 0 Å². The number of carboxylic acids is 1. The van der Waals surface area contributed by atoms with Crippen LogP contribution in [0, 0.1) is 0 Å². The molecule has 1 aromatic carbocycles. The van der Waals surface area contributed by atoms with Gasteiger partial charge in [0.25, 0.3) is 0 Å². The number of aromatic carboxylic acids is 1. The first kappa shape index (κ1) is 16.8. The van der Waals surface area contributed by atoms with Crippen LogP contribution in [0.4, 0.5) is 23.7 Å². The Kier molecular flexibility index (Phi) is 5.17. The van der Waals surface area contributed by atoms with Gasteiger partial charge in [-0.05, 0) is 31.5 Å². The molecule has 0 fully saturated rings. The number of hydrogen-bond donors (Lipinski definition) is 3. The number of rotatable bonds is 4. The van der Waals surface area contributed by atoms with Crippen molar-refractivity contribution in [3.63, 3.8) is 0 Å². The van der Waals surface area contributed by atoms with Gasteiger partial charge in [0, 0.05) is 6.04 Å². The molecule has 116 valence electrons. The van der Waals surface area contributed by atoms with E-state index < -0.39 is 29.3 Å². The quantitative estimate of drug-likeness (QED) is 0.798. The van der Waals surface area contributed by atoms with Crippen LogP contribution < -0.4 is 10.6 Å². The number of benzene rings is 1. The first-order valence-electron chi connectivity index (χ1n) is 6.17. The first-order valence-corrected chi connectivity index (χ1v) is 6.17. The Labute approximate surface area is 119 Å². The van der Waals surface area contributed by atoms with E-state index in [9.17, 15) is 22.8 Å². The van der Waals surface area contributed by atoms with E-state index in [1.165, 1.54) is 0 Å². The van der Waals surface area contributed by atoms with Gasteiger partial charge in [-0.25, -0.2) is 9.59 Å². The highest BCUT2D eigenvalue weighted by Gasteiger charge is 2.32. The molecule has 3 N–H and O–H groups in total. The van der Waals surface area contributed by atoms with E-state index in [1.807, 2.05) is 6.92 Å². The minimum atomic E-state index is -4.65. The van der Waals surface area contributed by atoms with Gasteiger partial charge in [0.15, 0.2) is 0 Å². The third-order valence-corrected chi connectivity index (χ3v) is 2.82. The molecular formula is C13H15F3N2O3. The molecule has 1 aromatic rings. The largest absolute Gasteiger partial charge is 0.478 e. The standard InChI is InChI=1S/C13H15F3N2O3/c1-3-7(2)17-12(21)18-10-5-4-8(13(14,15)16)6-9(10)11(19)20/h4-7H,3H2,1-2H3,(H,19,20)(H2,17,18,21). The minimum absolute atomic E-state index is 0.146. The molecule has 0 saturated heterocycles. The first-order chi connectivity index (χ1) is 9.65. The monoisotopic (exact) mass is 304 g/mol. The number of halogens is 3. The lowest BCUT2D eigenvalue weighted by Crippen LogP contribution is -2.36. The summed E-state index contributed by atoms with van der Waals surface area (Å²) < 4.78 is 37.7. The molecule has 0 bridgehead atoms. The second-order valence-corrected chi connectivity index (χ2v) is 4.47. The molecule has 2 amide bonds. The third-order valence-electron chi connectivity index (χ3n) is 2.82. The van der Waals surface area contributed by atoms with E-state index in [0.29, 0.717) is 18.6 Å². The summed E-state index contributed by atoms with van der Waals surface area (Å²) in [5.74, 6) is -1.56. The van der Waals surface area contributed by atoms with Crippen LogP contribution >= 0.6 is 0 Å². The van der Waals surface area contributed by atoms with Crippen molar-refractivity contribution in [1.82, 2.24) is 5.32 Å². The van der Waals surface area contributed by atoms with Crippen molar-refractivity contribution < 1.29 is 27.9 Å². The van der Waals surface area contributed by atoms with Gasteiger partial charge in [0.1, 0.15) is 0 Å². The Morgan fingerprint density at radius 3 is 2.43 bits per heavy atom. The molecule has 1 unspecified atom stereocenters. The van der Waals surface area contributed by atoms with Gasteiger partial charge in [-0.2, -0.15) is 13.2 Å². The van der Waals surface area contributed by atoms with Crippen LogP contribution in [0.5, 0.6) is 0 Å². The van der Waals surface area contributed by atoms with Crippen molar-refractivity contribution in [3.8, 4) is 0 Å².